The summed E-state index contributed by atoms with van der Waals surface area (Å²) < 4.78 is 0.990. The Morgan fingerprint density at radius 1 is 1.10 bits per heavy atom. The van der Waals surface area contributed by atoms with Gasteiger partial charge in [0.1, 0.15) is 5.92 Å². The zero-order valence-corrected chi connectivity index (χ0v) is 13.2. The summed E-state index contributed by atoms with van der Waals surface area (Å²) in [5.41, 5.74) is 1.71. The number of hydrogen-bond donors (Lipinski definition) is 1. The van der Waals surface area contributed by atoms with Crippen LogP contribution in [-0.2, 0) is 4.79 Å². The van der Waals surface area contributed by atoms with E-state index in [-0.39, 0.29) is 11.9 Å². The minimum Gasteiger partial charge on any atom is -0.348 e. The second-order valence-corrected chi connectivity index (χ2v) is 5.67. The zero-order valence-electron chi connectivity index (χ0n) is 11.6. The van der Waals surface area contributed by atoms with Crippen LogP contribution in [0.15, 0.2) is 59.1 Å². The predicted molar refractivity (Wildman–Crippen MR) is 85.5 cm³/mol. The number of nitrogens with zero attached hydrogens (tertiary/aromatic N) is 1. The van der Waals surface area contributed by atoms with Crippen molar-refractivity contribution in [2.45, 2.75) is 18.9 Å². The third-order valence-electron chi connectivity index (χ3n) is 3.25. The lowest BCUT2D eigenvalue weighted by atomic mass is 9.99. The van der Waals surface area contributed by atoms with E-state index in [4.69, 9.17) is 0 Å². The molecule has 2 atom stereocenters. The molecule has 21 heavy (non-hydrogen) atoms. The van der Waals surface area contributed by atoms with Crippen LogP contribution in [0.1, 0.15) is 30.0 Å². The fraction of sp³-hybridized carbons (Fsp3) is 0.176. The molecule has 2 aromatic rings. The minimum atomic E-state index is -0.788. The van der Waals surface area contributed by atoms with Crippen molar-refractivity contribution >= 4 is 21.8 Å². The minimum absolute atomic E-state index is 0.148. The molecule has 3 nitrogen and oxygen atoms in total. The molecular weight excluding hydrogens is 328 g/mol. The quantitative estimate of drug-likeness (QED) is 0.914. The summed E-state index contributed by atoms with van der Waals surface area (Å²) in [7, 11) is 0. The maximum atomic E-state index is 12.3. The summed E-state index contributed by atoms with van der Waals surface area (Å²) in [4.78, 5) is 12.3. The maximum Gasteiger partial charge on any atom is 0.242 e. The molecule has 1 amide bonds. The average molecular weight is 343 g/mol. The first-order valence-corrected chi connectivity index (χ1v) is 7.41. The Morgan fingerprint density at radius 3 is 2.29 bits per heavy atom. The summed E-state index contributed by atoms with van der Waals surface area (Å²) in [5.74, 6) is -1.07. The van der Waals surface area contributed by atoms with E-state index in [0.29, 0.717) is 5.56 Å². The van der Waals surface area contributed by atoms with Gasteiger partial charge < -0.3 is 5.32 Å². The molecule has 0 saturated carbocycles. The van der Waals surface area contributed by atoms with Gasteiger partial charge in [0.05, 0.1) is 12.1 Å². The molecule has 0 aliphatic carbocycles. The number of hydrogen-bond acceptors (Lipinski definition) is 2. The van der Waals surface area contributed by atoms with E-state index in [1.807, 2.05) is 49.4 Å². The van der Waals surface area contributed by atoms with Gasteiger partial charge >= 0.3 is 0 Å². The normalized spacial score (nSPS) is 13.0. The fourth-order valence-corrected chi connectivity index (χ4v) is 2.33. The van der Waals surface area contributed by atoms with E-state index in [9.17, 15) is 10.1 Å². The van der Waals surface area contributed by atoms with Gasteiger partial charge in [0.15, 0.2) is 0 Å². The Kier molecular flexibility index (Phi) is 5.13. The van der Waals surface area contributed by atoms with Crippen molar-refractivity contribution in [2.24, 2.45) is 0 Å². The van der Waals surface area contributed by atoms with Gasteiger partial charge in [-0.25, -0.2) is 0 Å². The van der Waals surface area contributed by atoms with Crippen molar-refractivity contribution in [1.29, 1.82) is 5.26 Å². The highest BCUT2D eigenvalue weighted by Gasteiger charge is 2.21. The smallest absolute Gasteiger partial charge is 0.242 e. The largest absolute Gasteiger partial charge is 0.348 e. The van der Waals surface area contributed by atoms with Crippen LogP contribution in [0.2, 0.25) is 0 Å². The standard InChI is InChI=1S/C17H15BrN2O/c1-12(13-7-9-15(18)10-8-13)20-17(21)16(11-19)14-5-3-2-4-6-14/h2-10,12,16H,1H3,(H,20,21)/t12-,16?/m0/s1. The summed E-state index contributed by atoms with van der Waals surface area (Å²) >= 11 is 3.38. The monoisotopic (exact) mass is 342 g/mol. The van der Waals surface area contributed by atoms with Crippen molar-refractivity contribution in [1.82, 2.24) is 5.32 Å². The lowest BCUT2D eigenvalue weighted by molar-refractivity contribution is -0.122. The Morgan fingerprint density at radius 2 is 1.71 bits per heavy atom. The molecule has 0 heterocycles. The van der Waals surface area contributed by atoms with Crippen LogP contribution in [0, 0.1) is 11.3 Å². The van der Waals surface area contributed by atoms with E-state index in [1.165, 1.54) is 0 Å². The maximum absolute atomic E-state index is 12.3. The third-order valence-corrected chi connectivity index (χ3v) is 3.78. The van der Waals surface area contributed by atoms with Gasteiger partial charge in [-0.1, -0.05) is 58.4 Å². The molecule has 4 heteroatoms. The van der Waals surface area contributed by atoms with E-state index < -0.39 is 5.92 Å². The van der Waals surface area contributed by atoms with Crippen molar-refractivity contribution < 1.29 is 4.79 Å². The van der Waals surface area contributed by atoms with Gasteiger partial charge in [0.2, 0.25) is 5.91 Å². The van der Waals surface area contributed by atoms with Crippen LogP contribution in [0.5, 0.6) is 0 Å². The first-order chi connectivity index (χ1) is 10.1. The summed E-state index contributed by atoms with van der Waals surface area (Å²) in [5, 5.41) is 12.1. The number of rotatable bonds is 4. The summed E-state index contributed by atoms with van der Waals surface area (Å²) in [6, 6.07) is 18.7. The van der Waals surface area contributed by atoms with Crippen LogP contribution >= 0.6 is 15.9 Å². The molecule has 0 spiro atoms. The van der Waals surface area contributed by atoms with Crippen molar-refractivity contribution in [3.8, 4) is 6.07 Å². The van der Waals surface area contributed by atoms with E-state index in [0.717, 1.165) is 10.0 Å². The molecule has 0 aromatic heterocycles. The second kappa shape index (κ2) is 7.05. The first-order valence-electron chi connectivity index (χ1n) is 6.62. The van der Waals surface area contributed by atoms with Gasteiger partial charge in [0.25, 0.3) is 0 Å². The number of carbonyl (C=O) groups excluding carboxylic acids is 1. The molecule has 2 rings (SSSR count). The van der Waals surface area contributed by atoms with Crippen molar-refractivity contribution in [3.05, 3.63) is 70.2 Å². The van der Waals surface area contributed by atoms with Crippen LogP contribution in [0.4, 0.5) is 0 Å². The van der Waals surface area contributed by atoms with Gasteiger partial charge in [-0.3, -0.25) is 4.79 Å². The highest BCUT2D eigenvalue weighted by atomic mass is 79.9. The number of benzene rings is 2. The molecule has 1 N–H and O–H groups in total. The number of nitrogens with one attached hydrogen (secondary N) is 1. The van der Waals surface area contributed by atoms with Crippen molar-refractivity contribution in [2.75, 3.05) is 0 Å². The third kappa shape index (κ3) is 3.93. The van der Waals surface area contributed by atoms with Crippen LogP contribution in [0.25, 0.3) is 0 Å². The molecule has 0 radical (unpaired) electrons. The Balaban J connectivity index is 2.09. The lowest BCUT2D eigenvalue weighted by Crippen LogP contribution is -2.31. The zero-order chi connectivity index (χ0) is 15.2. The molecule has 0 aliphatic heterocycles. The topological polar surface area (TPSA) is 52.9 Å². The lowest BCUT2D eigenvalue weighted by Gasteiger charge is -2.17. The average Bonchev–Trinajstić information content (AvgIpc) is 2.49. The van der Waals surface area contributed by atoms with E-state index in [2.05, 4.69) is 27.3 Å². The Labute approximate surface area is 132 Å². The Hall–Kier alpha value is -2.12. The summed E-state index contributed by atoms with van der Waals surface area (Å²) in [6.45, 7) is 1.90. The first kappa shape index (κ1) is 15.3. The number of amides is 1. The van der Waals surface area contributed by atoms with Crippen LogP contribution in [-0.4, -0.2) is 5.91 Å². The molecule has 2 aromatic carbocycles. The number of nitriles is 1. The SMILES string of the molecule is C[C@H](NC(=O)C(C#N)c1ccccc1)c1ccc(Br)cc1. The highest BCUT2D eigenvalue weighted by Crippen LogP contribution is 2.19. The number of halogens is 1. The van der Waals surface area contributed by atoms with Gasteiger partial charge in [-0.05, 0) is 30.2 Å². The molecule has 0 bridgehead atoms. The van der Waals surface area contributed by atoms with Crippen LogP contribution < -0.4 is 5.32 Å². The summed E-state index contributed by atoms with van der Waals surface area (Å²) in [6.07, 6.45) is 0. The van der Waals surface area contributed by atoms with Crippen LogP contribution in [0.3, 0.4) is 0 Å². The predicted octanol–water partition coefficient (Wildman–Crippen LogP) is 3.93. The molecule has 1 unspecified atom stereocenters. The van der Waals surface area contributed by atoms with Crippen molar-refractivity contribution in [3.63, 3.8) is 0 Å². The van der Waals surface area contributed by atoms with E-state index in [1.54, 1.807) is 12.1 Å². The molecule has 0 aliphatic rings. The highest BCUT2D eigenvalue weighted by molar-refractivity contribution is 9.10. The molecule has 106 valence electrons. The van der Waals surface area contributed by atoms with Gasteiger partial charge in [0, 0.05) is 4.47 Å². The number of carbonyl (C=O) groups is 1. The molecule has 0 saturated heterocycles. The molecule has 0 fully saturated rings. The Bertz CT molecular complexity index is 647. The van der Waals surface area contributed by atoms with Gasteiger partial charge in [-0.2, -0.15) is 5.26 Å². The second-order valence-electron chi connectivity index (χ2n) is 4.75. The van der Waals surface area contributed by atoms with Gasteiger partial charge in [-0.15, -0.1) is 0 Å². The fourth-order valence-electron chi connectivity index (χ4n) is 2.06. The molecular formula is C17H15BrN2O. The van der Waals surface area contributed by atoms with E-state index >= 15 is 0 Å².